The molecule has 0 fully saturated rings. The quantitative estimate of drug-likeness (QED) is 0.349. The zero-order chi connectivity index (χ0) is 18.7. The number of ketones is 1. The van der Waals surface area contributed by atoms with E-state index in [-0.39, 0.29) is 5.78 Å². The highest BCUT2D eigenvalue weighted by molar-refractivity contribution is 7.86. The summed E-state index contributed by atoms with van der Waals surface area (Å²) in [5, 5.41) is 0. The van der Waals surface area contributed by atoms with Gasteiger partial charge >= 0.3 is 11.3 Å². The van der Waals surface area contributed by atoms with Gasteiger partial charge in [-0.2, -0.15) is 13.2 Å². The van der Waals surface area contributed by atoms with Gasteiger partial charge in [0, 0.05) is 5.56 Å². The summed E-state index contributed by atoms with van der Waals surface area (Å²) in [6.45, 7) is 2.01. The van der Waals surface area contributed by atoms with Crippen LogP contribution in [0.15, 0.2) is 36.7 Å². The highest BCUT2D eigenvalue weighted by Crippen LogP contribution is 2.20. The monoisotopic (exact) mass is 364 g/mol. The highest BCUT2D eigenvalue weighted by atomic mass is 32.2. The van der Waals surface area contributed by atoms with Crippen LogP contribution in [-0.2, 0) is 24.2 Å². The molecule has 1 heterocycles. The molecule has 0 saturated heterocycles. The van der Waals surface area contributed by atoms with Gasteiger partial charge in [0.05, 0.1) is 14.1 Å². The topological polar surface area (TPSA) is 83.1 Å². The van der Waals surface area contributed by atoms with E-state index < -0.39 is 15.6 Å². The van der Waals surface area contributed by atoms with Crippen LogP contribution < -0.4 is 4.57 Å². The van der Waals surface area contributed by atoms with E-state index in [1.165, 1.54) is 0 Å². The number of benzene rings is 1. The number of rotatable bonds is 2. The maximum absolute atomic E-state index is 12.2. The molecule has 0 amide bonds. The van der Waals surface area contributed by atoms with E-state index in [9.17, 15) is 18.0 Å². The van der Waals surface area contributed by atoms with E-state index in [1.807, 2.05) is 66.8 Å². The van der Waals surface area contributed by atoms with Crippen molar-refractivity contribution in [3.8, 4) is 0 Å². The van der Waals surface area contributed by atoms with Crippen molar-refractivity contribution in [2.45, 2.75) is 12.4 Å². The van der Waals surface area contributed by atoms with Crippen molar-refractivity contribution in [1.82, 2.24) is 4.57 Å². The Kier molecular flexibility index (Phi) is 5.90. The zero-order valence-corrected chi connectivity index (χ0v) is 13.9. The number of aryl methyl sites for hydroxylation is 3. The van der Waals surface area contributed by atoms with Crippen molar-refractivity contribution >= 4 is 15.9 Å². The standard InChI is InChI=1S/C13H15N2O.CHF3O3S/c1-10-4-6-11(7-5-10)12(16)13-14(2)8-9-15(13)3;2-1(3,4)8(5,6)7/h4-9H,1-3H3;(H,5,6,7)/q+1;/p-1. The fraction of sp³-hybridized carbons (Fsp3) is 0.286. The molecule has 10 heteroatoms. The molecule has 0 radical (unpaired) electrons. The second-order valence-electron chi connectivity index (χ2n) is 4.94. The number of carbonyl (C=O) groups excluding carboxylic acids is 1. The lowest BCUT2D eigenvalue weighted by Gasteiger charge is -2.08. The zero-order valence-electron chi connectivity index (χ0n) is 13.0. The van der Waals surface area contributed by atoms with Crippen molar-refractivity contribution < 1.29 is 35.5 Å². The van der Waals surface area contributed by atoms with Gasteiger partial charge in [0.1, 0.15) is 12.4 Å². The number of imidazole rings is 1. The summed E-state index contributed by atoms with van der Waals surface area (Å²) in [7, 11) is -2.34. The molecule has 132 valence electrons. The molecule has 0 spiro atoms. The van der Waals surface area contributed by atoms with Crippen molar-refractivity contribution in [2.24, 2.45) is 14.1 Å². The summed E-state index contributed by atoms with van der Waals surface area (Å²) < 4.78 is 62.6. The first-order valence-electron chi connectivity index (χ1n) is 6.49. The normalized spacial score (nSPS) is 11.6. The third-order valence-corrected chi connectivity index (χ3v) is 3.55. The number of alkyl halides is 3. The summed E-state index contributed by atoms with van der Waals surface area (Å²) in [6.07, 6.45) is 3.75. The number of carbonyl (C=O) groups is 1. The number of hydrogen-bond acceptors (Lipinski definition) is 4. The minimum absolute atomic E-state index is 0.0509. The minimum atomic E-state index is -6.09. The molecule has 0 unspecified atom stereocenters. The Morgan fingerprint density at radius 3 is 2.00 bits per heavy atom. The van der Waals surface area contributed by atoms with Crippen LogP contribution in [0.4, 0.5) is 13.2 Å². The summed E-state index contributed by atoms with van der Waals surface area (Å²) in [6, 6.07) is 7.64. The average Bonchev–Trinajstić information content (AvgIpc) is 2.77. The number of aromatic nitrogens is 2. The minimum Gasteiger partial charge on any atom is -0.741 e. The van der Waals surface area contributed by atoms with Crippen molar-refractivity contribution in [2.75, 3.05) is 0 Å². The summed E-state index contributed by atoms with van der Waals surface area (Å²) in [5.74, 6) is 0.735. The van der Waals surface area contributed by atoms with Gasteiger partial charge in [0.15, 0.2) is 10.1 Å². The van der Waals surface area contributed by atoms with Gasteiger partial charge in [0.25, 0.3) is 5.78 Å². The van der Waals surface area contributed by atoms with Crippen LogP contribution in [0, 0.1) is 6.92 Å². The molecule has 2 aromatic rings. The Morgan fingerprint density at radius 2 is 1.67 bits per heavy atom. The summed E-state index contributed by atoms with van der Waals surface area (Å²) in [4.78, 5) is 12.2. The predicted octanol–water partition coefficient (Wildman–Crippen LogP) is 1.44. The van der Waals surface area contributed by atoms with Gasteiger partial charge in [-0.3, -0.25) is 4.79 Å². The molecule has 0 atom stereocenters. The molecular formula is C14H15F3N2O4S. The van der Waals surface area contributed by atoms with Gasteiger partial charge in [-0.1, -0.05) is 29.8 Å². The van der Waals surface area contributed by atoms with E-state index in [0.717, 1.165) is 11.1 Å². The summed E-state index contributed by atoms with van der Waals surface area (Å²) in [5.41, 5.74) is -3.76. The van der Waals surface area contributed by atoms with Gasteiger partial charge < -0.3 is 4.55 Å². The molecule has 2 rings (SSSR count). The van der Waals surface area contributed by atoms with Crippen LogP contribution in [0.2, 0.25) is 0 Å². The average molecular weight is 364 g/mol. The Balaban J connectivity index is 0.000000307. The van der Waals surface area contributed by atoms with Gasteiger partial charge in [-0.25, -0.2) is 17.6 Å². The van der Waals surface area contributed by atoms with Crippen molar-refractivity contribution in [1.29, 1.82) is 0 Å². The lowest BCUT2D eigenvalue weighted by atomic mass is 10.1. The molecule has 6 nitrogen and oxygen atoms in total. The van der Waals surface area contributed by atoms with Crippen LogP contribution in [0.5, 0.6) is 0 Å². The molecule has 24 heavy (non-hydrogen) atoms. The maximum Gasteiger partial charge on any atom is 0.485 e. The first kappa shape index (κ1) is 19.8. The lowest BCUT2D eigenvalue weighted by Crippen LogP contribution is -2.35. The second kappa shape index (κ2) is 7.14. The molecule has 1 aromatic carbocycles. The van der Waals surface area contributed by atoms with Crippen molar-refractivity contribution in [3.05, 3.63) is 53.6 Å². The molecular weight excluding hydrogens is 349 g/mol. The van der Waals surface area contributed by atoms with Crippen LogP contribution >= 0.6 is 0 Å². The molecule has 0 N–H and O–H groups in total. The van der Waals surface area contributed by atoms with E-state index in [4.69, 9.17) is 13.0 Å². The Bertz CT molecular complexity index is 805. The Labute approximate surface area is 136 Å². The predicted molar refractivity (Wildman–Crippen MR) is 77.0 cm³/mol. The Hall–Kier alpha value is -2.20. The lowest BCUT2D eigenvalue weighted by molar-refractivity contribution is -0.672. The van der Waals surface area contributed by atoms with E-state index in [2.05, 4.69) is 0 Å². The largest absolute Gasteiger partial charge is 0.741 e. The van der Waals surface area contributed by atoms with Gasteiger partial charge in [0.2, 0.25) is 0 Å². The maximum atomic E-state index is 12.2. The SMILES string of the molecule is Cc1ccc(C(=O)c2n(C)cc[n+]2C)cc1.O=S(=O)([O-])C(F)(F)F. The molecule has 0 aliphatic rings. The van der Waals surface area contributed by atoms with Gasteiger partial charge in [-0.05, 0) is 6.92 Å². The van der Waals surface area contributed by atoms with E-state index in [0.29, 0.717) is 5.82 Å². The molecule has 0 bridgehead atoms. The van der Waals surface area contributed by atoms with Crippen LogP contribution in [-0.4, -0.2) is 28.8 Å². The van der Waals surface area contributed by atoms with Crippen LogP contribution in [0.25, 0.3) is 0 Å². The summed E-state index contributed by atoms with van der Waals surface area (Å²) >= 11 is 0. The molecule has 1 aromatic heterocycles. The van der Waals surface area contributed by atoms with Crippen molar-refractivity contribution in [3.63, 3.8) is 0 Å². The van der Waals surface area contributed by atoms with E-state index in [1.54, 1.807) is 0 Å². The van der Waals surface area contributed by atoms with E-state index >= 15 is 0 Å². The second-order valence-corrected chi connectivity index (χ2v) is 6.31. The molecule has 0 saturated carbocycles. The van der Waals surface area contributed by atoms with Crippen LogP contribution in [0.1, 0.15) is 21.7 Å². The number of nitrogens with zero attached hydrogens (tertiary/aromatic N) is 2. The number of hydrogen-bond donors (Lipinski definition) is 0. The fourth-order valence-electron chi connectivity index (χ4n) is 1.74. The smallest absolute Gasteiger partial charge is 0.485 e. The first-order valence-corrected chi connectivity index (χ1v) is 7.90. The molecule has 0 aliphatic carbocycles. The Morgan fingerprint density at radius 1 is 1.21 bits per heavy atom. The van der Waals surface area contributed by atoms with Crippen LogP contribution in [0.3, 0.4) is 0 Å². The van der Waals surface area contributed by atoms with Gasteiger partial charge in [-0.15, -0.1) is 0 Å². The highest BCUT2D eigenvalue weighted by Gasteiger charge is 2.36. The molecule has 0 aliphatic heterocycles. The fourth-order valence-corrected chi connectivity index (χ4v) is 1.74. The third-order valence-electron chi connectivity index (χ3n) is 2.98. The third kappa shape index (κ3) is 4.90. The number of halogens is 3. The first-order chi connectivity index (χ1) is 10.8.